The molecule has 0 aliphatic carbocycles. The molecule has 9 heteroatoms. The monoisotopic (exact) mass is 274 g/mol. The Morgan fingerprint density at radius 2 is 2.26 bits per heavy atom. The first-order valence-electron chi connectivity index (χ1n) is 5.62. The van der Waals surface area contributed by atoms with Crippen LogP contribution >= 0.6 is 0 Å². The lowest BCUT2D eigenvalue weighted by atomic mass is 10.2. The molecular weight excluding hydrogens is 260 g/mol. The summed E-state index contributed by atoms with van der Waals surface area (Å²) < 4.78 is 6.38. The fourth-order valence-electron chi connectivity index (χ4n) is 1.96. The summed E-state index contributed by atoms with van der Waals surface area (Å²) >= 11 is 0. The molecule has 1 fully saturated rings. The number of aliphatic hydroxyl groups excluding tert-OH is 2. The van der Waals surface area contributed by atoms with Crippen LogP contribution in [0, 0.1) is 0 Å². The predicted octanol–water partition coefficient (Wildman–Crippen LogP) is -1.83. The molecule has 0 amide bonds. The summed E-state index contributed by atoms with van der Waals surface area (Å²) in [6, 6.07) is 0. The van der Waals surface area contributed by atoms with Crippen molar-refractivity contribution in [3.63, 3.8) is 0 Å². The van der Waals surface area contributed by atoms with Gasteiger partial charge in [0.25, 0.3) is 5.56 Å². The highest BCUT2D eigenvalue weighted by Crippen LogP contribution is 2.27. The highest BCUT2D eigenvalue weighted by molar-refractivity contribution is 5.03. The van der Waals surface area contributed by atoms with Crippen LogP contribution in [0.3, 0.4) is 0 Å². The van der Waals surface area contributed by atoms with Gasteiger partial charge in [-0.15, -0.1) is 0 Å². The zero-order valence-electron chi connectivity index (χ0n) is 9.85. The molecule has 1 aliphatic rings. The van der Waals surface area contributed by atoms with E-state index in [4.69, 9.17) is 15.1 Å². The fourth-order valence-corrected chi connectivity index (χ4v) is 1.96. The van der Waals surface area contributed by atoms with Crippen molar-refractivity contribution in [2.24, 2.45) is 0 Å². The van der Waals surface area contributed by atoms with Crippen molar-refractivity contribution in [1.29, 1.82) is 0 Å². The van der Waals surface area contributed by atoms with E-state index in [0.717, 1.165) is 4.57 Å². The Hall–Kier alpha value is -1.52. The van der Waals surface area contributed by atoms with E-state index in [0.29, 0.717) is 0 Å². The van der Waals surface area contributed by atoms with E-state index >= 15 is 0 Å². The molecule has 0 aromatic carbocycles. The minimum Gasteiger partial charge on any atom is -0.394 e. The molecule has 1 aromatic rings. The van der Waals surface area contributed by atoms with Crippen molar-refractivity contribution >= 4 is 0 Å². The Balaban J connectivity index is 2.33. The van der Waals surface area contributed by atoms with Crippen LogP contribution in [-0.2, 0) is 16.2 Å². The Labute approximate surface area is 106 Å². The van der Waals surface area contributed by atoms with Crippen molar-refractivity contribution in [3.05, 3.63) is 32.6 Å². The Morgan fingerprint density at radius 1 is 1.53 bits per heavy atom. The number of H-pyrrole nitrogens is 1. The van der Waals surface area contributed by atoms with Crippen LogP contribution in [0.15, 0.2) is 15.8 Å². The number of ether oxygens (including phenoxy) is 1. The highest BCUT2D eigenvalue weighted by atomic mass is 17.1. The number of rotatable bonds is 4. The molecule has 106 valence electrons. The van der Waals surface area contributed by atoms with E-state index in [2.05, 4.69) is 9.87 Å². The lowest BCUT2D eigenvalue weighted by molar-refractivity contribution is -0.253. The maximum Gasteiger partial charge on any atom is 0.330 e. The maximum atomic E-state index is 11.7. The largest absolute Gasteiger partial charge is 0.394 e. The standard InChI is InChI=1S/C10H14N2O7/c13-3-7-6(14)1-8(19-7)12-2-5(4-18-17)9(15)11-10(12)16/h2,6-8,13-14,17H,1,3-4H2,(H,11,15,16)/t6-,7+,8+/m0/s1. The molecule has 0 unspecified atom stereocenters. The highest BCUT2D eigenvalue weighted by Gasteiger charge is 2.35. The second-order valence-corrected chi connectivity index (χ2v) is 4.21. The summed E-state index contributed by atoms with van der Waals surface area (Å²) in [5, 5.41) is 26.9. The molecule has 0 spiro atoms. The Kier molecular flexibility index (Phi) is 4.12. The van der Waals surface area contributed by atoms with Crippen molar-refractivity contribution < 1.29 is 25.1 Å². The van der Waals surface area contributed by atoms with Gasteiger partial charge in [-0.25, -0.2) is 9.68 Å². The van der Waals surface area contributed by atoms with Gasteiger partial charge in [0.1, 0.15) is 18.9 Å². The van der Waals surface area contributed by atoms with E-state index < -0.39 is 29.7 Å². The van der Waals surface area contributed by atoms with Gasteiger partial charge in [0.2, 0.25) is 0 Å². The molecule has 9 nitrogen and oxygen atoms in total. The van der Waals surface area contributed by atoms with E-state index in [1.165, 1.54) is 6.20 Å². The van der Waals surface area contributed by atoms with Crippen molar-refractivity contribution in [2.75, 3.05) is 6.61 Å². The van der Waals surface area contributed by atoms with Gasteiger partial charge >= 0.3 is 5.69 Å². The third-order valence-electron chi connectivity index (χ3n) is 2.96. The summed E-state index contributed by atoms with van der Waals surface area (Å²) in [6.07, 6.45) is -1.17. The number of nitrogens with zero attached hydrogens (tertiary/aromatic N) is 1. The van der Waals surface area contributed by atoms with Crippen molar-refractivity contribution in [2.45, 2.75) is 31.5 Å². The molecule has 0 bridgehead atoms. The van der Waals surface area contributed by atoms with Crippen LogP contribution in [0.5, 0.6) is 0 Å². The van der Waals surface area contributed by atoms with Gasteiger partial charge in [-0.05, 0) is 0 Å². The van der Waals surface area contributed by atoms with Gasteiger partial charge in [0, 0.05) is 12.6 Å². The van der Waals surface area contributed by atoms with Gasteiger partial charge in [-0.3, -0.25) is 19.6 Å². The van der Waals surface area contributed by atoms with Crippen molar-refractivity contribution in [3.8, 4) is 0 Å². The quantitative estimate of drug-likeness (QED) is 0.374. The lowest BCUT2D eigenvalue weighted by Gasteiger charge is -2.15. The van der Waals surface area contributed by atoms with E-state index in [1.807, 2.05) is 0 Å². The number of aromatic nitrogens is 2. The molecule has 2 rings (SSSR count). The molecule has 0 saturated carbocycles. The molecular formula is C10H14N2O7. The van der Waals surface area contributed by atoms with Gasteiger partial charge < -0.3 is 14.9 Å². The Morgan fingerprint density at radius 3 is 2.84 bits per heavy atom. The van der Waals surface area contributed by atoms with Crippen LogP contribution in [0.1, 0.15) is 18.2 Å². The van der Waals surface area contributed by atoms with Crippen LogP contribution in [0.4, 0.5) is 0 Å². The lowest BCUT2D eigenvalue weighted by Crippen LogP contribution is -2.34. The number of nitrogens with one attached hydrogen (secondary N) is 1. The first-order chi connectivity index (χ1) is 9.06. The number of aromatic amines is 1. The molecule has 19 heavy (non-hydrogen) atoms. The molecule has 1 saturated heterocycles. The molecule has 3 atom stereocenters. The zero-order chi connectivity index (χ0) is 14.0. The van der Waals surface area contributed by atoms with Gasteiger partial charge in [-0.2, -0.15) is 0 Å². The van der Waals surface area contributed by atoms with Gasteiger partial charge in [0.15, 0.2) is 0 Å². The average molecular weight is 274 g/mol. The maximum absolute atomic E-state index is 11.7. The second kappa shape index (κ2) is 5.63. The number of aliphatic hydroxyl groups is 2. The summed E-state index contributed by atoms with van der Waals surface area (Å²) in [7, 11) is 0. The predicted molar refractivity (Wildman–Crippen MR) is 60.4 cm³/mol. The van der Waals surface area contributed by atoms with Crippen LogP contribution in [0.25, 0.3) is 0 Å². The van der Waals surface area contributed by atoms with Crippen LogP contribution < -0.4 is 11.2 Å². The van der Waals surface area contributed by atoms with Gasteiger partial charge in [-0.1, -0.05) is 0 Å². The average Bonchev–Trinajstić information content (AvgIpc) is 2.74. The summed E-state index contributed by atoms with van der Waals surface area (Å²) in [5.41, 5.74) is -1.34. The molecule has 1 aromatic heterocycles. The van der Waals surface area contributed by atoms with Crippen LogP contribution in [0.2, 0.25) is 0 Å². The normalized spacial score (nSPS) is 26.8. The van der Waals surface area contributed by atoms with Crippen molar-refractivity contribution in [1.82, 2.24) is 9.55 Å². The first-order valence-corrected chi connectivity index (χ1v) is 5.62. The van der Waals surface area contributed by atoms with Crippen LogP contribution in [-0.4, -0.2) is 43.8 Å². The summed E-state index contributed by atoms with van der Waals surface area (Å²) in [6.45, 7) is -0.753. The number of hydrogen-bond acceptors (Lipinski definition) is 7. The Bertz CT molecular complexity index is 552. The summed E-state index contributed by atoms with van der Waals surface area (Å²) in [5.74, 6) is 0. The fraction of sp³-hybridized carbons (Fsp3) is 0.600. The van der Waals surface area contributed by atoms with E-state index in [9.17, 15) is 14.7 Å². The molecule has 4 N–H and O–H groups in total. The third-order valence-corrected chi connectivity index (χ3v) is 2.96. The smallest absolute Gasteiger partial charge is 0.330 e. The van der Waals surface area contributed by atoms with E-state index in [-0.39, 0.29) is 25.2 Å². The third kappa shape index (κ3) is 2.74. The first kappa shape index (κ1) is 13.9. The zero-order valence-corrected chi connectivity index (χ0v) is 9.85. The van der Waals surface area contributed by atoms with E-state index in [1.54, 1.807) is 0 Å². The van der Waals surface area contributed by atoms with Gasteiger partial charge in [0.05, 0.1) is 18.3 Å². The molecule has 1 aliphatic heterocycles. The number of hydrogen-bond donors (Lipinski definition) is 4. The minimum atomic E-state index is -0.897. The topological polar surface area (TPSA) is 134 Å². The second-order valence-electron chi connectivity index (χ2n) is 4.21. The summed E-state index contributed by atoms with van der Waals surface area (Å²) in [4.78, 5) is 29.0. The minimum absolute atomic E-state index is 0.0349. The molecule has 2 heterocycles. The molecule has 0 radical (unpaired) electrons. The SMILES string of the molecule is O=c1[nH]c(=O)n([C@H]2C[C@H](O)[C@@H](CO)O2)cc1COO.